The van der Waals surface area contributed by atoms with E-state index in [0.717, 1.165) is 0 Å². The Labute approximate surface area is 86.5 Å². The molecule has 4 atom stereocenters. The van der Waals surface area contributed by atoms with Gasteiger partial charge in [-0.05, 0) is 0 Å². The van der Waals surface area contributed by atoms with Crippen LogP contribution in [0, 0.1) is 0 Å². The summed E-state index contributed by atoms with van der Waals surface area (Å²) in [6.07, 6.45) is -5.49. The normalized spacial score (nSPS) is 36.4. The number of aliphatic hydroxyl groups is 5. The number of hydrogen-bond acceptors (Lipinski definition) is 7. The van der Waals surface area contributed by atoms with Crippen molar-refractivity contribution >= 4 is 0 Å². The minimum absolute atomic E-state index is 0.428. The van der Waals surface area contributed by atoms with Gasteiger partial charge in [-0.15, -0.1) is 0 Å². The third-order valence-corrected chi connectivity index (χ3v) is 2.23. The van der Waals surface area contributed by atoms with E-state index in [1.807, 2.05) is 0 Å². The minimum atomic E-state index is -1.30. The van der Waals surface area contributed by atoms with Gasteiger partial charge in [0.15, 0.2) is 6.29 Å². The number of ether oxygens (including phenoxy) is 2. The number of rotatable bonds is 5. The van der Waals surface area contributed by atoms with Crippen molar-refractivity contribution in [3.63, 3.8) is 0 Å². The smallest absolute Gasteiger partial charge is 0.187 e. The molecule has 0 aromatic heterocycles. The van der Waals surface area contributed by atoms with Crippen LogP contribution in [-0.2, 0) is 9.47 Å². The fourth-order valence-corrected chi connectivity index (χ4v) is 1.31. The number of hydrogen-bond donors (Lipinski definition) is 5. The third-order valence-electron chi connectivity index (χ3n) is 2.23. The SMILES string of the molecule is OCC(CO)OC1O[C@H](CO)[C@H](O)[C@H]1O. The molecule has 1 aliphatic heterocycles. The molecule has 0 radical (unpaired) electrons. The molecule has 0 bridgehead atoms. The highest BCUT2D eigenvalue weighted by atomic mass is 16.7. The Balaban J connectivity index is 2.49. The summed E-state index contributed by atoms with van der Waals surface area (Å²) in [5, 5.41) is 45.0. The van der Waals surface area contributed by atoms with Crippen molar-refractivity contribution in [2.24, 2.45) is 0 Å². The van der Waals surface area contributed by atoms with Crippen molar-refractivity contribution in [2.45, 2.75) is 30.7 Å². The average Bonchev–Trinajstić information content (AvgIpc) is 2.53. The molecule has 7 nitrogen and oxygen atoms in total. The van der Waals surface area contributed by atoms with E-state index in [0.29, 0.717) is 0 Å². The van der Waals surface area contributed by atoms with Crippen LogP contribution in [0.4, 0.5) is 0 Å². The maximum Gasteiger partial charge on any atom is 0.187 e. The second-order valence-electron chi connectivity index (χ2n) is 3.33. The molecule has 7 heteroatoms. The second-order valence-corrected chi connectivity index (χ2v) is 3.33. The van der Waals surface area contributed by atoms with E-state index < -0.39 is 50.5 Å². The van der Waals surface area contributed by atoms with Crippen LogP contribution in [0.2, 0.25) is 0 Å². The van der Waals surface area contributed by atoms with Crippen LogP contribution >= 0.6 is 0 Å². The zero-order valence-corrected chi connectivity index (χ0v) is 8.06. The van der Waals surface area contributed by atoms with E-state index in [1.54, 1.807) is 0 Å². The van der Waals surface area contributed by atoms with Crippen LogP contribution < -0.4 is 0 Å². The Morgan fingerprint density at radius 3 is 2.07 bits per heavy atom. The van der Waals surface area contributed by atoms with Crippen molar-refractivity contribution in [3.8, 4) is 0 Å². The highest BCUT2D eigenvalue weighted by molar-refractivity contribution is 4.86. The summed E-state index contributed by atoms with van der Waals surface area (Å²) in [5.41, 5.74) is 0. The van der Waals surface area contributed by atoms with E-state index in [-0.39, 0.29) is 0 Å². The quantitative estimate of drug-likeness (QED) is 0.333. The molecule has 1 saturated heterocycles. The Hall–Kier alpha value is -0.280. The van der Waals surface area contributed by atoms with E-state index in [4.69, 9.17) is 24.8 Å². The summed E-state index contributed by atoms with van der Waals surface area (Å²) in [5.74, 6) is 0. The first kappa shape index (κ1) is 12.8. The summed E-state index contributed by atoms with van der Waals surface area (Å²) in [7, 11) is 0. The van der Waals surface area contributed by atoms with E-state index >= 15 is 0 Å². The van der Waals surface area contributed by atoms with Crippen molar-refractivity contribution in [1.82, 2.24) is 0 Å². The van der Waals surface area contributed by atoms with Gasteiger partial charge >= 0.3 is 0 Å². The molecule has 5 N–H and O–H groups in total. The first-order valence-electron chi connectivity index (χ1n) is 4.63. The summed E-state index contributed by atoms with van der Waals surface area (Å²) in [6.45, 7) is -1.30. The fraction of sp³-hybridized carbons (Fsp3) is 1.00. The van der Waals surface area contributed by atoms with Crippen molar-refractivity contribution in [3.05, 3.63) is 0 Å². The predicted molar refractivity (Wildman–Crippen MR) is 46.8 cm³/mol. The van der Waals surface area contributed by atoms with Gasteiger partial charge in [-0.2, -0.15) is 0 Å². The molecule has 0 saturated carbocycles. The van der Waals surface area contributed by atoms with Crippen molar-refractivity contribution < 1.29 is 35.0 Å². The van der Waals surface area contributed by atoms with E-state index in [9.17, 15) is 10.2 Å². The van der Waals surface area contributed by atoms with E-state index in [2.05, 4.69) is 0 Å². The Morgan fingerprint density at radius 1 is 1.07 bits per heavy atom. The molecule has 0 spiro atoms. The molecule has 0 aliphatic carbocycles. The minimum Gasteiger partial charge on any atom is -0.394 e. The molecule has 1 heterocycles. The fourth-order valence-electron chi connectivity index (χ4n) is 1.31. The second kappa shape index (κ2) is 5.71. The lowest BCUT2D eigenvalue weighted by molar-refractivity contribution is -0.206. The summed E-state index contributed by atoms with van der Waals surface area (Å²) in [4.78, 5) is 0. The van der Waals surface area contributed by atoms with E-state index in [1.165, 1.54) is 0 Å². The highest BCUT2D eigenvalue weighted by Crippen LogP contribution is 2.22. The molecule has 1 aliphatic rings. The Bertz CT molecular complexity index is 184. The van der Waals surface area contributed by atoms with Crippen LogP contribution in [0.3, 0.4) is 0 Å². The van der Waals surface area contributed by atoms with Gasteiger partial charge in [0.2, 0.25) is 0 Å². The van der Waals surface area contributed by atoms with Crippen molar-refractivity contribution in [1.29, 1.82) is 0 Å². The molecule has 1 fully saturated rings. The third kappa shape index (κ3) is 2.85. The molecule has 0 aromatic carbocycles. The van der Waals surface area contributed by atoms with Gasteiger partial charge in [0.1, 0.15) is 24.4 Å². The largest absolute Gasteiger partial charge is 0.394 e. The topological polar surface area (TPSA) is 120 Å². The lowest BCUT2D eigenvalue weighted by Crippen LogP contribution is -2.37. The van der Waals surface area contributed by atoms with Crippen LogP contribution in [-0.4, -0.2) is 76.1 Å². The Kier molecular flexibility index (Phi) is 4.87. The lowest BCUT2D eigenvalue weighted by atomic mass is 10.1. The number of aliphatic hydroxyl groups excluding tert-OH is 5. The zero-order valence-electron chi connectivity index (χ0n) is 8.06. The standard InChI is InChI=1S/C8H16O7/c9-1-4(2-10)14-8-7(13)6(12)5(3-11)15-8/h4-13H,1-3H2/t5-,6+,7-,8?/m1/s1. The van der Waals surface area contributed by atoms with Crippen LogP contribution in [0.5, 0.6) is 0 Å². The average molecular weight is 224 g/mol. The maximum absolute atomic E-state index is 9.42. The van der Waals surface area contributed by atoms with Crippen LogP contribution in [0.25, 0.3) is 0 Å². The zero-order chi connectivity index (χ0) is 11.4. The highest BCUT2D eigenvalue weighted by Gasteiger charge is 2.43. The summed E-state index contributed by atoms with van der Waals surface area (Å²) < 4.78 is 9.96. The van der Waals surface area contributed by atoms with Gasteiger partial charge in [0, 0.05) is 0 Å². The molecule has 0 aromatic rings. The van der Waals surface area contributed by atoms with Crippen LogP contribution in [0.1, 0.15) is 0 Å². The van der Waals surface area contributed by atoms with Gasteiger partial charge in [-0.1, -0.05) is 0 Å². The van der Waals surface area contributed by atoms with Gasteiger partial charge < -0.3 is 35.0 Å². The van der Waals surface area contributed by atoms with Crippen molar-refractivity contribution in [2.75, 3.05) is 19.8 Å². The molecule has 90 valence electrons. The van der Waals surface area contributed by atoms with Gasteiger partial charge in [-0.3, -0.25) is 0 Å². The monoisotopic (exact) mass is 224 g/mol. The van der Waals surface area contributed by atoms with Crippen LogP contribution in [0.15, 0.2) is 0 Å². The molecule has 0 amide bonds. The maximum atomic E-state index is 9.42. The molecule has 15 heavy (non-hydrogen) atoms. The molecule has 1 unspecified atom stereocenters. The summed E-state index contributed by atoms with van der Waals surface area (Å²) >= 11 is 0. The van der Waals surface area contributed by atoms with Gasteiger partial charge in [0.25, 0.3) is 0 Å². The molecular formula is C8H16O7. The van der Waals surface area contributed by atoms with Gasteiger partial charge in [0.05, 0.1) is 19.8 Å². The molecular weight excluding hydrogens is 208 g/mol. The first-order chi connectivity index (χ1) is 7.13. The van der Waals surface area contributed by atoms with Gasteiger partial charge in [-0.25, -0.2) is 0 Å². The Morgan fingerprint density at radius 2 is 1.67 bits per heavy atom. The first-order valence-corrected chi connectivity index (χ1v) is 4.63. The lowest BCUT2D eigenvalue weighted by Gasteiger charge is -2.20. The molecule has 1 rings (SSSR count). The predicted octanol–water partition coefficient (Wildman–Crippen LogP) is -3.20. The summed E-state index contributed by atoms with van der Waals surface area (Å²) in [6, 6.07) is 0.